The molecule has 0 amide bonds. The van der Waals surface area contributed by atoms with Gasteiger partial charge in [-0.3, -0.25) is 0 Å². The van der Waals surface area contributed by atoms with Crippen LogP contribution in [0.5, 0.6) is 0 Å². The standard InChI is InChI=1S/C8H15NO2S/c1-8(2)10-5-4-12-6(3-9)7(5)11-8/h5-7H,3-4,9H2,1-2H3/t5?,6-,7?/m0/s1. The van der Waals surface area contributed by atoms with Gasteiger partial charge >= 0.3 is 0 Å². The van der Waals surface area contributed by atoms with Gasteiger partial charge in [-0.25, -0.2) is 0 Å². The summed E-state index contributed by atoms with van der Waals surface area (Å²) in [5, 5.41) is 0.428. The van der Waals surface area contributed by atoms with Crippen molar-refractivity contribution in [3.8, 4) is 0 Å². The average Bonchev–Trinajstić information content (AvgIpc) is 2.42. The maximum Gasteiger partial charge on any atom is 0.163 e. The highest BCUT2D eigenvalue weighted by atomic mass is 32.2. The molecule has 0 spiro atoms. The molecule has 0 aromatic rings. The number of ether oxygens (including phenoxy) is 2. The molecule has 2 fully saturated rings. The van der Waals surface area contributed by atoms with Gasteiger partial charge in [0.25, 0.3) is 0 Å². The van der Waals surface area contributed by atoms with Crippen LogP contribution < -0.4 is 5.73 Å². The molecule has 0 radical (unpaired) electrons. The van der Waals surface area contributed by atoms with Gasteiger partial charge in [0.15, 0.2) is 5.79 Å². The summed E-state index contributed by atoms with van der Waals surface area (Å²) < 4.78 is 11.5. The fourth-order valence-corrected chi connectivity index (χ4v) is 3.07. The smallest absolute Gasteiger partial charge is 0.163 e. The van der Waals surface area contributed by atoms with Gasteiger partial charge in [-0.15, -0.1) is 0 Å². The molecule has 2 aliphatic heterocycles. The van der Waals surface area contributed by atoms with Crippen molar-refractivity contribution in [1.29, 1.82) is 0 Å². The van der Waals surface area contributed by atoms with Crippen LogP contribution in [0.2, 0.25) is 0 Å². The Balaban J connectivity index is 2.06. The Morgan fingerprint density at radius 1 is 1.50 bits per heavy atom. The zero-order valence-corrected chi connectivity index (χ0v) is 8.26. The Labute approximate surface area is 77.0 Å². The Bertz CT molecular complexity index is 186. The number of fused-ring (bicyclic) bond motifs is 1. The molecule has 0 saturated carbocycles. The lowest BCUT2D eigenvalue weighted by atomic mass is 10.2. The lowest BCUT2D eigenvalue weighted by Crippen LogP contribution is -2.32. The summed E-state index contributed by atoms with van der Waals surface area (Å²) in [6, 6.07) is 0. The van der Waals surface area contributed by atoms with E-state index in [1.54, 1.807) is 0 Å². The third kappa shape index (κ3) is 1.37. The van der Waals surface area contributed by atoms with E-state index in [0.29, 0.717) is 11.8 Å². The van der Waals surface area contributed by atoms with Crippen molar-refractivity contribution in [2.45, 2.75) is 37.1 Å². The van der Waals surface area contributed by atoms with Crippen LogP contribution in [0, 0.1) is 0 Å². The van der Waals surface area contributed by atoms with Gasteiger partial charge in [-0.05, 0) is 13.8 Å². The second-order valence-corrected chi connectivity index (χ2v) is 5.02. The van der Waals surface area contributed by atoms with E-state index in [1.165, 1.54) is 0 Å². The van der Waals surface area contributed by atoms with Crippen LogP contribution in [-0.2, 0) is 9.47 Å². The van der Waals surface area contributed by atoms with Crippen LogP contribution in [0.3, 0.4) is 0 Å². The summed E-state index contributed by atoms with van der Waals surface area (Å²) in [6.07, 6.45) is 0.480. The molecule has 2 aliphatic rings. The van der Waals surface area contributed by atoms with E-state index >= 15 is 0 Å². The summed E-state index contributed by atoms with van der Waals surface area (Å²) in [5.74, 6) is 0.625. The SMILES string of the molecule is CC1(C)OC2CS[C@@H](CN)C2O1. The van der Waals surface area contributed by atoms with E-state index in [2.05, 4.69) is 0 Å². The molecule has 70 valence electrons. The zero-order valence-electron chi connectivity index (χ0n) is 7.45. The Kier molecular flexibility index (Phi) is 2.11. The first-order valence-electron chi connectivity index (χ1n) is 4.30. The van der Waals surface area contributed by atoms with E-state index in [4.69, 9.17) is 15.2 Å². The lowest BCUT2D eigenvalue weighted by Gasteiger charge is -2.20. The Morgan fingerprint density at radius 2 is 2.25 bits per heavy atom. The molecule has 2 unspecified atom stereocenters. The minimum Gasteiger partial charge on any atom is -0.344 e. The summed E-state index contributed by atoms with van der Waals surface area (Å²) >= 11 is 1.86. The van der Waals surface area contributed by atoms with Gasteiger partial charge in [-0.2, -0.15) is 11.8 Å². The van der Waals surface area contributed by atoms with E-state index in [-0.39, 0.29) is 12.2 Å². The summed E-state index contributed by atoms with van der Waals surface area (Å²) in [4.78, 5) is 0. The van der Waals surface area contributed by atoms with Crippen LogP contribution in [-0.4, -0.2) is 35.5 Å². The number of hydrogen-bond donors (Lipinski definition) is 1. The average molecular weight is 189 g/mol. The quantitative estimate of drug-likeness (QED) is 0.655. The summed E-state index contributed by atoms with van der Waals surface area (Å²) in [5.41, 5.74) is 5.62. The number of nitrogens with two attached hydrogens (primary N) is 1. The second-order valence-electron chi connectivity index (χ2n) is 3.75. The largest absolute Gasteiger partial charge is 0.344 e. The van der Waals surface area contributed by atoms with Crippen LogP contribution in [0.4, 0.5) is 0 Å². The summed E-state index contributed by atoms with van der Waals surface area (Å²) in [6.45, 7) is 4.61. The molecule has 2 saturated heterocycles. The van der Waals surface area contributed by atoms with Crippen LogP contribution in [0.15, 0.2) is 0 Å². The molecule has 0 bridgehead atoms. The maximum absolute atomic E-state index is 5.75. The molecule has 0 aliphatic carbocycles. The highest BCUT2D eigenvalue weighted by Gasteiger charge is 2.48. The normalized spacial score (nSPS) is 44.8. The van der Waals surface area contributed by atoms with Crippen LogP contribution in [0.25, 0.3) is 0 Å². The third-order valence-corrected chi connectivity index (χ3v) is 3.70. The Morgan fingerprint density at radius 3 is 2.92 bits per heavy atom. The third-order valence-electron chi connectivity index (χ3n) is 2.29. The van der Waals surface area contributed by atoms with Crippen molar-refractivity contribution < 1.29 is 9.47 Å². The molecule has 0 aromatic heterocycles. The van der Waals surface area contributed by atoms with Crippen LogP contribution >= 0.6 is 11.8 Å². The van der Waals surface area contributed by atoms with Gasteiger partial charge in [0.05, 0.1) is 6.10 Å². The molecule has 3 nitrogen and oxygen atoms in total. The molecule has 12 heavy (non-hydrogen) atoms. The summed E-state index contributed by atoms with van der Waals surface area (Å²) in [7, 11) is 0. The predicted octanol–water partition coefficient (Wildman–Crippen LogP) is 0.581. The molecule has 2 heterocycles. The zero-order chi connectivity index (χ0) is 8.77. The van der Waals surface area contributed by atoms with E-state index in [1.807, 2.05) is 25.6 Å². The first kappa shape index (κ1) is 8.81. The topological polar surface area (TPSA) is 44.5 Å². The van der Waals surface area contributed by atoms with E-state index in [0.717, 1.165) is 5.75 Å². The first-order chi connectivity index (χ1) is 5.62. The number of rotatable bonds is 1. The van der Waals surface area contributed by atoms with Gasteiger partial charge in [0, 0.05) is 17.5 Å². The fourth-order valence-electron chi connectivity index (χ4n) is 1.82. The van der Waals surface area contributed by atoms with Crippen molar-refractivity contribution in [2.24, 2.45) is 5.73 Å². The van der Waals surface area contributed by atoms with Gasteiger partial charge < -0.3 is 15.2 Å². The van der Waals surface area contributed by atoms with Gasteiger partial charge in [0.2, 0.25) is 0 Å². The highest BCUT2D eigenvalue weighted by molar-refractivity contribution is 8.00. The molecular formula is C8H15NO2S. The predicted molar refractivity (Wildman–Crippen MR) is 49.1 cm³/mol. The Hall–Kier alpha value is 0.230. The van der Waals surface area contributed by atoms with Crippen molar-refractivity contribution in [3.63, 3.8) is 0 Å². The fraction of sp³-hybridized carbons (Fsp3) is 1.00. The second kappa shape index (κ2) is 2.87. The molecule has 0 aromatic carbocycles. The number of thioether (sulfide) groups is 1. The monoisotopic (exact) mass is 189 g/mol. The van der Waals surface area contributed by atoms with E-state index < -0.39 is 5.79 Å². The van der Waals surface area contributed by atoms with Crippen molar-refractivity contribution in [1.82, 2.24) is 0 Å². The molecule has 2 rings (SSSR count). The lowest BCUT2D eigenvalue weighted by molar-refractivity contribution is -0.145. The van der Waals surface area contributed by atoms with Crippen LogP contribution in [0.1, 0.15) is 13.8 Å². The van der Waals surface area contributed by atoms with Gasteiger partial charge in [0.1, 0.15) is 6.10 Å². The van der Waals surface area contributed by atoms with Gasteiger partial charge in [-0.1, -0.05) is 0 Å². The van der Waals surface area contributed by atoms with E-state index in [9.17, 15) is 0 Å². The molecule has 2 N–H and O–H groups in total. The highest BCUT2D eigenvalue weighted by Crippen LogP contribution is 2.40. The number of hydrogen-bond acceptors (Lipinski definition) is 4. The van der Waals surface area contributed by atoms with Crippen molar-refractivity contribution in [3.05, 3.63) is 0 Å². The first-order valence-corrected chi connectivity index (χ1v) is 5.34. The molecule has 4 heteroatoms. The van der Waals surface area contributed by atoms with Crippen molar-refractivity contribution >= 4 is 11.8 Å². The maximum atomic E-state index is 5.75. The van der Waals surface area contributed by atoms with Crippen molar-refractivity contribution in [2.75, 3.05) is 12.3 Å². The minimum atomic E-state index is -0.399. The molecular weight excluding hydrogens is 174 g/mol. The molecule has 3 atom stereocenters. The minimum absolute atomic E-state index is 0.218.